The topological polar surface area (TPSA) is 37.3 Å². The molecule has 0 fully saturated rings. The zero-order chi connectivity index (χ0) is 13.9. The molecule has 2 aromatic rings. The Bertz CT molecular complexity index is 668. The molecule has 0 amide bonds. The molecule has 5 heteroatoms. The summed E-state index contributed by atoms with van der Waals surface area (Å²) in [5, 5.41) is 5.40. The molecule has 0 aliphatic heterocycles. The van der Waals surface area contributed by atoms with Crippen LogP contribution in [0.15, 0.2) is 41.6 Å². The van der Waals surface area contributed by atoms with E-state index in [0.717, 1.165) is 25.0 Å². The fourth-order valence-corrected chi connectivity index (χ4v) is 2.71. The second-order valence-electron chi connectivity index (χ2n) is 4.72. The molecule has 20 heavy (non-hydrogen) atoms. The number of fused-ring (bicyclic) bond motifs is 1. The van der Waals surface area contributed by atoms with E-state index in [1.807, 2.05) is 0 Å². The molecule has 1 aromatic carbocycles. The molecule has 3 rings (SSSR count). The number of aromatic nitrogens is 1. The third-order valence-corrected chi connectivity index (χ3v) is 3.82. The molecule has 1 aliphatic rings. The zero-order valence-corrected chi connectivity index (χ0v) is 12.2. The zero-order valence-electron chi connectivity index (χ0n) is 10.7. The van der Waals surface area contributed by atoms with Crippen LogP contribution < -0.4 is 5.43 Å². The number of anilines is 1. The van der Waals surface area contributed by atoms with Crippen molar-refractivity contribution >= 4 is 34.7 Å². The number of pyridine rings is 1. The smallest absolute Gasteiger partial charge is 0.165 e. The maximum absolute atomic E-state index is 6.05. The molecule has 1 aromatic heterocycles. The Morgan fingerprint density at radius 1 is 1.10 bits per heavy atom. The van der Waals surface area contributed by atoms with Gasteiger partial charge in [-0.25, -0.2) is 4.98 Å². The Morgan fingerprint density at radius 3 is 2.70 bits per heavy atom. The van der Waals surface area contributed by atoms with Gasteiger partial charge in [-0.3, -0.25) is 5.43 Å². The molecule has 0 bridgehead atoms. The van der Waals surface area contributed by atoms with Crippen molar-refractivity contribution in [2.24, 2.45) is 5.10 Å². The van der Waals surface area contributed by atoms with Crippen molar-refractivity contribution in [1.82, 2.24) is 4.98 Å². The van der Waals surface area contributed by atoms with Gasteiger partial charge < -0.3 is 0 Å². The summed E-state index contributed by atoms with van der Waals surface area (Å²) in [6.07, 6.45) is 4.40. The van der Waals surface area contributed by atoms with Gasteiger partial charge >= 0.3 is 0 Å². The summed E-state index contributed by atoms with van der Waals surface area (Å²) < 4.78 is 0. The van der Waals surface area contributed by atoms with Gasteiger partial charge in [0.05, 0.1) is 10.0 Å². The third kappa shape index (κ3) is 2.94. The quantitative estimate of drug-likeness (QED) is 0.838. The van der Waals surface area contributed by atoms with Crippen molar-refractivity contribution < 1.29 is 0 Å². The van der Waals surface area contributed by atoms with E-state index in [-0.39, 0.29) is 0 Å². The van der Waals surface area contributed by atoms with E-state index < -0.39 is 0 Å². The van der Waals surface area contributed by atoms with Crippen LogP contribution in [-0.2, 0) is 12.8 Å². The molecule has 0 spiro atoms. The van der Waals surface area contributed by atoms with Gasteiger partial charge in [-0.15, -0.1) is 0 Å². The number of benzene rings is 1. The number of hydrogen-bond donors (Lipinski definition) is 1. The van der Waals surface area contributed by atoms with E-state index in [0.29, 0.717) is 15.9 Å². The minimum absolute atomic E-state index is 0.470. The van der Waals surface area contributed by atoms with Crippen LogP contribution in [0, 0.1) is 0 Å². The molecular formula is C15H13Cl2N3. The Kier molecular flexibility index (Phi) is 3.90. The first kappa shape index (κ1) is 13.4. The van der Waals surface area contributed by atoms with Crippen molar-refractivity contribution in [3.63, 3.8) is 0 Å². The number of hydrazone groups is 1. The largest absolute Gasteiger partial charge is 0.260 e. The highest BCUT2D eigenvalue weighted by Gasteiger charge is 2.13. The molecule has 0 radical (unpaired) electrons. The lowest BCUT2D eigenvalue weighted by molar-refractivity contribution is 0.940. The number of rotatable bonds is 2. The first-order valence-electron chi connectivity index (χ1n) is 6.41. The van der Waals surface area contributed by atoms with E-state index >= 15 is 0 Å². The predicted molar refractivity (Wildman–Crippen MR) is 83.8 cm³/mol. The van der Waals surface area contributed by atoms with Crippen LogP contribution in [0.4, 0.5) is 5.82 Å². The van der Waals surface area contributed by atoms with Crippen molar-refractivity contribution in [3.8, 4) is 0 Å². The van der Waals surface area contributed by atoms with Crippen LogP contribution >= 0.6 is 23.2 Å². The van der Waals surface area contributed by atoms with Crippen molar-refractivity contribution in [2.75, 3.05) is 5.43 Å². The lowest BCUT2D eigenvalue weighted by atomic mass is 9.90. The van der Waals surface area contributed by atoms with Crippen molar-refractivity contribution in [2.45, 2.75) is 19.3 Å². The van der Waals surface area contributed by atoms with Crippen LogP contribution in [0.2, 0.25) is 10.0 Å². The molecule has 0 unspecified atom stereocenters. The van der Waals surface area contributed by atoms with Gasteiger partial charge in [0.25, 0.3) is 0 Å². The second kappa shape index (κ2) is 5.81. The highest BCUT2D eigenvalue weighted by atomic mass is 35.5. The minimum Gasteiger partial charge on any atom is -0.260 e. The fraction of sp³-hybridized carbons (Fsp3) is 0.200. The van der Waals surface area contributed by atoms with E-state index in [9.17, 15) is 0 Å². The molecule has 1 N–H and O–H groups in total. The maximum Gasteiger partial charge on any atom is 0.165 e. The van der Waals surface area contributed by atoms with Gasteiger partial charge in [0, 0.05) is 18.3 Å². The normalized spacial score (nSPS) is 16.0. The minimum atomic E-state index is 0.470. The SMILES string of the molecule is Clc1cnc(N/N=C2\CCc3ccccc3C2)c(Cl)c1. The monoisotopic (exact) mass is 305 g/mol. The summed E-state index contributed by atoms with van der Waals surface area (Å²) in [5.41, 5.74) is 6.79. The molecule has 0 saturated carbocycles. The first-order valence-corrected chi connectivity index (χ1v) is 7.17. The summed E-state index contributed by atoms with van der Waals surface area (Å²) >= 11 is 11.9. The van der Waals surface area contributed by atoms with Crippen LogP contribution in [-0.4, -0.2) is 10.7 Å². The van der Waals surface area contributed by atoms with Gasteiger partial charge in [0.2, 0.25) is 0 Å². The number of halogens is 2. The van der Waals surface area contributed by atoms with Gasteiger partial charge in [0.15, 0.2) is 5.82 Å². The summed E-state index contributed by atoms with van der Waals surface area (Å²) in [6.45, 7) is 0. The lowest BCUT2D eigenvalue weighted by Crippen LogP contribution is -2.15. The molecule has 102 valence electrons. The lowest BCUT2D eigenvalue weighted by Gasteiger charge is -2.17. The Balaban J connectivity index is 1.75. The van der Waals surface area contributed by atoms with Gasteiger partial charge in [-0.05, 0) is 30.0 Å². The predicted octanol–water partition coefficient (Wildman–Crippen LogP) is 4.35. The molecule has 1 aliphatic carbocycles. The van der Waals surface area contributed by atoms with Gasteiger partial charge in [-0.1, -0.05) is 47.5 Å². The molecular weight excluding hydrogens is 293 g/mol. The van der Waals surface area contributed by atoms with Crippen LogP contribution in [0.3, 0.4) is 0 Å². The third-order valence-electron chi connectivity index (χ3n) is 3.32. The van der Waals surface area contributed by atoms with E-state index in [1.54, 1.807) is 12.3 Å². The van der Waals surface area contributed by atoms with E-state index in [2.05, 4.69) is 39.8 Å². The molecule has 1 heterocycles. The number of hydrogen-bond acceptors (Lipinski definition) is 3. The number of nitrogens with zero attached hydrogens (tertiary/aromatic N) is 2. The van der Waals surface area contributed by atoms with Gasteiger partial charge in [0.1, 0.15) is 0 Å². The molecule has 3 nitrogen and oxygen atoms in total. The Labute approximate surface area is 127 Å². The van der Waals surface area contributed by atoms with Gasteiger partial charge in [-0.2, -0.15) is 5.10 Å². The first-order chi connectivity index (χ1) is 9.72. The Morgan fingerprint density at radius 2 is 1.90 bits per heavy atom. The summed E-state index contributed by atoms with van der Waals surface area (Å²) in [7, 11) is 0. The average molecular weight is 306 g/mol. The van der Waals surface area contributed by atoms with Crippen LogP contribution in [0.25, 0.3) is 0 Å². The number of aryl methyl sites for hydroxylation is 1. The summed E-state index contributed by atoms with van der Waals surface area (Å²) in [6, 6.07) is 10.1. The number of nitrogens with one attached hydrogen (secondary N) is 1. The maximum atomic E-state index is 6.05. The van der Waals surface area contributed by atoms with E-state index in [4.69, 9.17) is 23.2 Å². The fourth-order valence-electron chi connectivity index (χ4n) is 2.29. The van der Waals surface area contributed by atoms with Crippen molar-refractivity contribution in [3.05, 3.63) is 57.7 Å². The molecule has 0 saturated heterocycles. The Hall–Kier alpha value is -1.58. The summed E-state index contributed by atoms with van der Waals surface area (Å²) in [5.74, 6) is 0.530. The second-order valence-corrected chi connectivity index (χ2v) is 5.56. The average Bonchev–Trinajstić information content (AvgIpc) is 2.46. The summed E-state index contributed by atoms with van der Waals surface area (Å²) in [4.78, 5) is 4.12. The van der Waals surface area contributed by atoms with Crippen LogP contribution in [0.1, 0.15) is 17.5 Å². The standard InChI is InChI=1S/C15H13Cl2N3/c16-12-8-14(17)15(18-9-12)20-19-13-6-5-10-3-1-2-4-11(10)7-13/h1-4,8-9H,5-7H2,(H,18,20)/b19-13+. The van der Waals surface area contributed by atoms with Crippen LogP contribution in [0.5, 0.6) is 0 Å². The molecule has 0 atom stereocenters. The highest BCUT2D eigenvalue weighted by Crippen LogP contribution is 2.23. The van der Waals surface area contributed by atoms with E-state index in [1.165, 1.54) is 11.1 Å². The van der Waals surface area contributed by atoms with Crippen molar-refractivity contribution in [1.29, 1.82) is 0 Å². The highest BCUT2D eigenvalue weighted by molar-refractivity contribution is 6.35.